The lowest BCUT2D eigenvalue weighted by atomic mass is 9.93. The summed E-state index contributed by atoms with van der Waals surface area (Å²) in [6, 6.07) is 19.1. The predicted molar refractivity (Wildman–Crippen MR) is 102 cm³/mol. The van der Waals surface area contributed by atoms with Crippen molar-refractivity contribution in [2.75, 3.05) is 7.11 Å². The maximum atomic E-state index is 13.7. The quantitative estimate of drug-likeness (QED) is 0.495. The Bertz CT molecular complexity index is 1170. The third-order valence-electron chi connectivity index (χ3n) is 4.49. The molecular weight excluding hydrogens is 351 g/mol. The molecule has 0 aliphatic heterocycles. The zero-order chi connectivity index (χ0) is 18.3. The van der Waals surface area contributed by atoms with Gasteiger partial charge in [-0.2, -0.15) is 0 Å². The number of halogens is 1. The lowest BCUT2D eigenvalue weighted by molar-refractivity contribution is 0.417. The Morgan fingerprint density at radius 2 is 1.62 bits per heavy atom. The standard InChI is InChI=1S/C21H15FO3S/c1-25-18-10-6-14-12-15(22)8-9-17(14)20(18)21-16-5-3-2-4-13(16)7-11-19(21)26(23)24/h2-12H,1H3,(H,23,24). The molecule has 4 aromatic rings. The van der Waals surface area contributed by atoms with Crippen LogP contribution >= 0.6 is 0 Å². The van der Waals surface area contributed by atoms with Gasteiger partial charge in [0.2, 0.25) is 0 Å². The van der Waals surface area contributed by atoms with Crippen molar-refractivity contribution in [1.82, 2.24) is 0 Å². The van der Waals surface area contributed by atoms with Gasteiger partial charge in [0.05, 0.1) is 12.0 Å². The Kier molecular flexibility index (Phi) is 4.18. The Balaban J connectivity index is 2.23. The minimum Gasteiger partial charge on any atom is -0.496 e. The molecule has 0 aliphatic carbocycles. The molecule has 0 aromatic heterocycles. The van der Waals surface area contributed by atoms with Crippen LogP contribution in [-0.4, -0.2) is 15.9 Å². The first-order valence-corrected chi connectivity index (χ1v) is 9.10. The van der Waals surface area contributed by atoms with Gasteiger partial charge in [0.1, 0.15) is 11.6 Å². The lowest BCUT2D eigenvalue weighted by Gasteiger charge is -2.17. The van der Waals surface area contributed by atoms with Gasteiger partial charge in [-0.15, -0.1) is 0 Å². The van der Waals surface area contributed by atoms with Crippen LogP contribution in [-0.2, 0) is 11.1 Å². The number of ether oxygens (including phenoxy) is 1. The number of benzene rings is 4. The van der Waals surface area contributed by atoms with E-state index in [1.807, 2.05) is 30.3 Å². The average Bonchev–Trinajstić information content (AvgIpc) is 2.66. The second-order valence-electron chi connectivity index (χ2n) is 5.92. The minimum atomic E-state index is -2.18. The number of methoxy groups -OCH3 is 1. The van der Waals surface area contributed by atoms with E-state index < -0.39 is 11.1 Å². The second-order valence-corrected chi connectivity index (χ2v) is 6.86. The highest BCUT2D eigenvalue weighted by molar-refractivity contribution is 7.79. The van der Waals surface area contributed by atoms with E-state index in [4.69, 9.17) is 4.74 Å². The Morgan fingerprint density at radius 1 is 0.885 bits per heavy atom. The molecule has 0 spiro atoms. The van der Waals surface area contributed by atoms with Crippen LogP contribution < -0.4 is 4.74 Å². The van der Waals surface area contributed by atoms with E-state index >= 15 is 0 Å². The summed E-state index contributed by atoms with van der Waals surface area (Å²) in [4.78, 5) is 0.291. The number of rotatable bonds is 3. The molecule has 0 saturated heterocycles. The van der Waals surface area contributed by atoms with Gasteiger partial charge < -0.3 is 9.29 Å². The normalized spacial score (nSPS) is 12.4. The van der Waals surface area contributed by atoms with Crippen LogP contribution in [0.3, 0.4) is 0 Å². The molecule has 0 aliphatic rings. The maximum absolute atomic E-state index is 13.7. The SMILES string of the molecule is COc1ccc2cc(F)ccc2c1-c1c(S(=O)O)ccc2ccccc12. The van der Waals surface area contributed by atoms with Crippen molar-refractivity contribution in [3.63, 3.8) is 0 Å². The first kappa shape index (κ1) is 16.7. The van der Waals surface area contributed by atoms with Gasteiger partial charge in [0, 0.05) is 11.1 Å². The molecule has 1 unspecified atom stereocenters. The van der Waals surface area contributed by atoms with Crippen molar-refractivity contribution >= 4 is 32.6 Å². The van der Waals surface area contributed by atoms with Gasteiger partial charge in [-0.05, 0) is 45.8 Å². The molecule has 0 heterocycles. The molecule has 4 aromatic carbocycles. The molecule has 1 atom stereocenters. The van der Waals surface area contributed by atoms with Crippen molar-refractivity contribution < 1.29 is 17.9 Å². The molecule has 0 radical (unpaired) electrons. The van der Waals surface area contributed by atoms with Crippen LogP contribution in [0.25, 0.3) is 32.7 Å². The third-order valence-corrected chi connectivity index (χ3v) is 5.21. The smallest absolute Gasteiger partial charge is 0.187 e. The van der Waals surface area contributed by atoms with Crippen molar-refractivity contribution in [3.05, 3.63) is 72.5 Å². The predicted octanol–water partition coefficient (Wildman–Crippen LogP) is 5.39. The topological polar surface area (TPSA) is 46.5 Å². The van der Waals surface area contributed by atoms with E-state index in [-0.39, 0.29) is 5.82 Å². The van der Waals surface area contributed by atoms with E-state index in [0.29, 0.717) is 27.2 Å². The number of hydrogen-bond acceptors (Lipinski definition) is 2. The highest BCUT2D eigenvalue weighted by Crippen LogP contribution is 2.43. The molecule has 0 saturated carbocycles. The summed E-state index contributed by atoms with van der Waals surface area (Å²) >= 11 is -2.18. The van der Waals surface area contributed by atoms with Crippen LogP contribution in [0.2, 0.25) is 0 Å². The summed E-state index contributed by atoms with van der Waals surface area (Å²) in [7, 11) is 1.55. The van der Waals surface area contributed by atoms with Crippen molar-refractivity contribution in [1.29, 1.82) is 0 Å². The first-order valence-electron chi connectivity index (χ1n) is 7.99. The molecule has 3 nitrogen and oxygen atoms in total. The molecule has 5 heteroatoms. The largest absolute Gasteiger partial charge is 0.496 e. The molecule has 0 amide bonds. The fraction of sp³-hybridized carbons (Fsp3) is 0.0476. The zero-order valence-electron chi connectivity index (χ0n) is 13.9. The van der Waals surface area contributed by atoms with Gasteiger partial charge in [-0.1, -0.05) is 42.5 Å². The van der Waals surface area contributed by atoms with E-state index in [2.05, 4.69) is 0 Å². The summed E-state index contributed by atoms with van der Waals surface area (Å²) < 4.78 is 41.2. The maximum Gasteiger partial charge on any atom is 0.187 e. The zero-order valence-corrected chi connectivity index (χ0v) is 14.7. The van der Waals surface area contributed by atoms with Crippen LogP contribution in [0.1, 0.15) is 0 Å². The summed E-state index contributed by atoms with van der Waals surface area (Å²) in [6.07, 6.45) is 0. The summed E-state index contributed by atoms with van der Waals surface area (Å²) in [5.41, 5.74) is 1.30. The molecule has 4 rings (SSSR count). The Hall–Kier alpha value is -2.76. The van der Waals surface area contributed by atoms with Crippen molar-refractivity contribution in [2.45, 2.75) is 4.90 Å². The fourth-order valence-corrected chi connectivity index (χ4v) is 3.93. The first-order chi connectivity index (χ1) is 12.6. The van der Waals surface area contributed by atoms with Crippen LogP contribution in [0, 0.1) is 5.82 Å². The molecule has 130 valence electrons. The summed E-state index contributed by atoms with van der Waals surface area (Å²) in [5, 5.41) is 3.23. The Labute approximate surface area is 152 Å². The van der Waals surface area contributed by atoms with Crippen LogP contribution in [0.5, 0.6) is 5.75 Å². The van der Waals surface area contributed by atoms with Crippen LogP contribution in [0.15, 0.2) is 71.6 Å². The van der Waals surface area contributed by atoms with Crippen molar-refractivity contribution in [3.8, 4) is 16.9 Å². The molecule has 0 bridgehead atoms. The summed E-state index contributed by atoms with van der Waals surface area (Å²) in [6.45, 7) is 0. The van der Waals surface area contributed by atoms with Gasteiger partial charge in [0.15, 0.2) is 11.1 Å². The molecule has 26 heavy (non-hydrogen) atoms. The third kappa shape index (κ3) is 2.66. The highest BCUT2D eigenvalue weighted by Gasteiger charge is 2.20. The van der Waals surface area contributed by atoms with Gasteiger partial charge in [0.25, 0.3) is 0 Å². The van der Waals surface area contributed by atoms with E-state index in [9.17, 15) is 13.2 Å². The van der Waals surface area contributed by atoms with Gasteiger partial charge in [-0.3, -0.25) is 0 Å². The number of hydrogen-bond donors (Lipinski definition) is 1. The van der Waals surface area contributed by atoms with Gasteiger partial charge >= 0.3 is 0 Å². The van der Waals surface area contributed by atoms with Gasteiger partial charge in [-0.25, -0.2) is 8.60 Å². The number of fused-ring (bicyclic) bond motifs is 2. The molecule has 1 N–H and O–H groups in total. The van der Waals surface area contributed by atoms with Crippen LogP contribution in [0.4, 0.5) is 4.39 Å². The highest BCUT2D eigenvalue weighted by atomic mass is 32.2. The summed E-state index contributed by atoms with van der Waals surface area (Å²) in [5.74, 6) is 0.227. The fourth-order valence-electron chi connectivity index (χ4n) is 3.36. The second kappa shape index (κ2) is 6.52. The molecule has 0 fully saturated rings. The monoisotopic (exact) mass is 366 g/mol. The molecular formula is C21H15FO3S. The van der Waals surface area contributed by atoms with E-state index in [1.54, 1.807) is 31.4 Å². The Morgan fingerprint density at radius 3 is 2.38 bits per heavy atom. The van der Waals surface area contributed by atoms with E-state index in [1.165, 1.54) is 12.1 Å². The van der Waals surface area contributed by atoms with Crippen molar-refractivity contribution in [2.24, 2.45) is 0 Å². The lowest BCUT2D eigenvalue weighted by Crippen LogP contribution is -1.97. The minimum absolute atomic E-state index is 0.291. The average molecular weight is 366 g/mol. The van der Waals surface area contributed by atoms with E-state index in [0.717, 1.165) is 16.2 Å².